The summed E-state index contributed by atoms with van der Waals surface area (Å²) < 4.78 is 0. The number of carbonyl (C=O) groups is 1. The number of rotatable bonds is 6. The van der Waals surface area contributed by atoms with Crippen molar-refractivity contribution in [3.05, 3.63) is 0 Å². The fourth-order valence-electron chi connectivity index (χ4n) is 2.78. The molecule has 1 heterocycles. The lowest BCUT2D eigenvalue weighted by Gasteiger charge is -2.35. The quantitative estimate of drug-likeness (QED) is 0.774. The van der Waals surface area contributed by atoms with Gasteiger partial charge in [0.15, 0.2) is 0 Å². The van der Waals surface area contributed by atoms with Crippen LogP contribution in [-0.4, -0.2) is 42.0 Å². The zero-order valence-corrected chi connectivity index (χ0v) is 12.9. The van der Waals surface area contributed by atoms with Crippen molar-refractivity contribution in [2.75, 3.05) is 19.6 Å². The second kappa shape index (κ2) is 7.85. The summed E-state index contributed by atoms with van der Waals surface area (Å²) in [6, 6.07) is -0.0397. The Bertz CT molecular complexity index is 260. The lowest BCUT2D eigenvalue weighted by Crippen LogP contribution is -2.57. The van der Waals surface area contributed by atoms with Crippen molar-refractivity contribution in [2.24, 2.45) is 5.73 Å². The van der Waals surface area contributed by atoms with Gasteiger partial charge in [0.2, 0.25) is 5.91 Å². The van der Waals surface area contributed by atoms with Crippen molar-refractivity contribution in [2.45, 2.75) is 70.9 Å². The first-order valence-electron chi connectivity index (χ1n) is 7.84. The van der Waals surface area contributed by atoms with Crippen LogP contribution >= 0.6 is 0 Å². The summed E-state index contributed by atoms with van der Waals surface area (Å²) in [5, 5.41) is 3.19. The van der Waals surface area contributed by atoms with Crippen LogP contribution in [0.5, 0.6) is 0 Å². The zero-order valence-electron chi connectivity index (χ0n) is 12.9. The van der Waals surface area contributed by atoms with Crippen LogP contribution in [0.4, 0.5) is 0 Å². The van der Waals surface area contributed by atoms with Gasteiger partial charge in [0, 0.05) is 6.54 Å². The molecule has 0 aliphatic carbocycles. The molecule has 4 nitrogen and oxygen atoms in total. The molecule has 1 aliphatic heterocycles. The van der Waals surface area contributed by atoms with Gasteiger partial charge < -0.3 is 11.1 Å². The SMILES string of the molecule is CCC(CC)(CN)NC(=O)C(C)N1CCCCCC1. The Morgan fingerprint density at radius 3 is 2.16 bits per heavy atom. The summed E-state index contributed by atoms with van der Waals surface area (Å²) in [5.74, 6) is 0.135. The minimum absolute atomic E-state index is 0.0397. The minimum Gasteiger partial charge on any atom is -0.348 e. The zero-order chi connectivity index (χ0) is 14.3. The number of likely N-dealkylation sites (tertiary alicyclic amines) is 1. The van der Waals surface area contributed by atoms with E-state index in [1.165, 1.54) is 25.7 Å². The third-order valence-electron chi connectivity index (χ3n) is 4.70. The van der Waals surface area contributed by atoms with Gasteiger partial charge in [-0.15, -0.1) is 0 Å². The lowest BCUT2D eigenvalue weighted by atomic mass is 9.92. The van der Waals surface area contributed by atoms with Crippen molar-refractivity contribution in [1.29, 1.82) is 0 Å². The van der Waals surface area contributed by atoms with Gasteiger partial charge >= 0.3 is 0 Å². The van der Waals surface area contributed by atoms with Crippen LogP contribution in [0.2, 0.25) is 0 Å². The van der Waals surface area contributed by atoms with E-state index in [4.69, 9.17) is 5.73 Å². The predicted octanol–water partition coefficient (Wildman–Crippen LogP) is 1.88. The van der Waals surface area contributed by atoms with E-state index in [9.17, 15) is 4.79 Å². The Morgan fingerprint density at radius 1 is 1.21 bits per heavy atom. The molecule has 0 saturated carbocycles. The Balaban J connectivity index is 2.60. The van der Waals surface area contributed by atoms with Crippen LogP contribution < -0.4 is 11.1 Å². The second-order valence-electron chi connectivity index (χ2n) is 5.81. The molecular weight excluding hydrogens is 238 g/mol. The number of carbonyl (C=O) groups excluding carboxylic acids is 1. The van der Waals surface area contributed by atoms with Crippen LogP contribution in [0.3, 0.4) is 0 Å². The monoisotopic (exact) mass is 269 g/mol. The fourth-order valence-corrected chi connectivity index (χ4v) is 2.78. The molecule has 1 amide bonds. The Labute approximate surface area is 118 Å². The fraction of sp³-hybridized carbons (Fsp3) is 0.933. The topological polar surface area (TPSA) is 58.4 Å². The molecule has 0 radical (unpaired) electrons. The maximum atomic E-state index is 12.4. The molecule has 0 aromatic heterocycles. The number of amides is 1. The molecule has 3 N–H and O–H groups in total. The van der Waals surface area contributed by atoms with Crippen LogP contribution in [0.15, 0.2) is 0 Å². The smallest absolute Gasteiger partial charge is 0.237 e. The lowest BCUT2D eigenvalue weighted by molar-refractivity contribution is -0.128. The van der Waals surface area contributed by atoms with Crippen molar-refractivity contribution >= 4 is 5.91 Å². The Morgan fingerprint density at radius 2 is 1.74 bits per heavy atom. The first-order chi connectivity index (χ1) is 9.08. The Hall–Kier alpha value is -0.610. The van der Waals surface area contributed by atoms with E-state index in [-0.39, 0.29) is 17.5 Å². The highest BCUT2D eigenvalue weighted by molar-refractivity contribution is 5.82. The predicted molar refractivity (Wildman–Crippen MR) is 80.0 cm³/mol. The van der Waals surface area contributed by atoms with Gasteiger partial charge in [-0.25, -0.2) is 0 Å². The van der Waals surface area contributed by atoms with Crippen molar-refractivity contribution in [1.82, 2.24) is 10.2 Å². The summed E-state index contributed by atoms with van der Waals surface area (Å²) in [6.07, 6.45) is 6.78. The maximum absolute atomic E-state index is 12.4. The van der Waals surface area contributed by atoms with E-state index in [0.717, 1.165) is 25.9 Å². The first kappa shape index (κ1) is 16.4. The molecule has 1 saturated heterocycles. The van der Waals surface area contributed by atoms with Crippen LogP contribution in [0.25, 0.3) is 0 Å². The molecule has 0 bridgehead atoms. The number of nitrogens with two attached hydrogens (primary N) is 1. The molecule has 1 aliphatic rings. The summed E-state index contributed by atoms with van der Waals surface area (Å²) in [4.78, 5) is 14.8. The summed E-state index contributed by atoms with van der Waals surface area (Å²) >= 11 is 0. The molecule has 0 aromatic rings. The van der Waals surface area contributed by atoms with E-state index in [2.05, 4.69) is 24.1 Å². The highest BCUT2D eigenvalue weighted by Crippen LogP contribution is 2.16. The molecule has 0 spiro atoms. The molecule has 1 atom stereocenters. The number of hydrogen-bond donors (Lipinski definition) is 2. The van der Waals surface area contributed by atoms with E-state index >= 15 is 0 Å². The van der Waals surface area contributed by atoms with E-state index in [0.29, 0.717) is 6.54 Å². The van der Waals surface area contributed by atoms with Gasteiger partial charge in [-0.3, -0.25) is 9.69 Å². The summed E-state index contributed by atoms with van der Waals surface area (Å²) in [7, 11) is 0. The molecule has 1 rings (SSSR count). The van der Waals surface area contributed by atoms with Crippen LogP contribution in [0, 0.1) is 0 Å². The Kier molecular flexibility index (Phi) is 6.80. The molecule has 0 aromatic carbocycles. The van der Waals surface area contributed by atoms with Gasteiger partial charge in [-0.2, -0.15) is 0 Å². The number of nitrogens with zero attached hydrogens (tertiary/aromatic N) is 1. The van der Waals surface area contributed by atoms with Gasteiger partial charge in [-0.05, 0) is 45.7 Å². The molecule has 4 heteroatoms. The molecule has 112 valence electrons. The minimum atomic E-state index is -0.225. The molecule has 1 fully saturated rings. The number of hydrogen-bond acceptors (Lipinski definition) is 3. The standard InChI is InChI=1S/C15H31N3O/c1-4-15(5-2,12-16)17-14(19)13(3)18-10-8-6-7-9-11-18/h13H,4-12,16H2,1-3H3,(H,17,19). The maximum Gasteiger partial charge on any atom is 0.237 e. The molecule has 1 unspecified atom stereocenters. The average molecular weight is 269 g/mol. The van der Waals surface area contributed by atoms with E-state index in [1.807, 2.05) is 6.92 Å². The van der Waals surface area contributed by atoms with E-state index in [1.54, 1.807) is 0 Å². The summed E-state index contributed by atoms with van der Waals surface area (Å²) in [5.41, 5.74) is 5.63. The number of nitrogens with one attached hydrogen (secondary N) is 1. The average Bonchev–Trinajstić information content (AvgIpc) is 2.73. The second-order valence-corrected chi connectivity index (χ2v) is 5.81. The van der Waals surface area contributed by atoms with Crippen molar-refractivity contribution < 1.29 is 4.79 Å². The van der Waals surface area contributed by atoms with Gasteiger partial charge in [-0.1, -0.05) is 26.7 Å². The van der Waals surface area contributed by atoms with Gasteiger partial charge in [0.25, 0.3) is 0 Å². The van der Waals surface area contributed by atoms with Crippen molar-refractivity contribution in [3.8, 4) is 0 Å². The third-order valence-corrected chi connectivity index (χ3v) is 4.70. The highest BCUT2D eigenvalue weighted by atomic mass is 16.2. The largest absolute Gasteiger partial charge is 0.348 e. The molecule has 19 heavy (non-hydrogen) atoms. The van der Waals surface area contributed by atoms with Crippen LogP contribution in [-0.2, 0) is 4.79 Å². The first-order valence-corrected chi connectivity index (χ1v) is 7.84. The van der Waals surface area contributed by atoms with Gasteiger partial charge in [0.1, 0.15) is 0 Å². The third kappa shape index (κ3) is 4.46. The highest BCUT2D eigenvalue weighted by Gasteiger charge is 2.30. The van der Waals surface area contributed by atoms with Gasteiger partial charge in [0.05, 0.1) is 11.6 Å². The van der Waals surface area contributed by atoms with Crippen molar-refractivity contribution in [3.63, 3.8) is 0 Å². The normalized spacial score (nSPS) is 19.8. The summed E-state index contributed by atoms with van der Waals surface area (Å²) in [6.45, 7) is 8.80. The van der Waals surface area contributed by atoms with Crippen LogP contribution in [0.1, 0.15) is 59.3 Å². The molecular formula is C15H31N3O. The van der Waals surface area contributed by atoms with E-state index < -0.39 is 0 Å².